The van der Waals surface area contributed by atoms with E-state index in [1.165, 1.54) is 4.88 Å². The molecule has 0 fully saturated rings. The van der Waals surface area contributed by atoms with E-state index >= 15 is 0 Å². The Hall–Kier alpha value is -1.23. The Kier molecular flexibility index (Phi) is 5.91. The molecule has 1 atom stereocenters. The Morgan fingerprint density at radius 1 is 1.38 bits per heavy atom. The summed E-state index contributed by atoms with van der Waals surface area (Å²) in [7, 11) is 0. The zero-order valence-electron chi connectivity index (χ0n) is 11.4. The lowest BCUT2D eigenvalue weighted by atomic mass is 10.3. The maximum atomic E-state index is 12.0. The van der Waals surface area contributed by atoms with Crippen LogP contribution in [-0.2, 0) is 11.2 Å². The quantitative estimate of drug-likeness (QED) is 0.854. The summed E-state index contributed by atoms with van der Waals surface area (Å²) in [6, 6.07) is 8.95. The molecular formula is C15H15Cl2NO2S. The first-order valence-corrected chi connectivity index (χ1v) is 8.11. The van der Waals surface area contributed by atoms with Gasteiger partial charge in [-0.2, -0.15) is 0 Å². The molecule has 0 bridgehead atoms. The molecule has 3 nitrogen and oxygen atoms in total. The molecule has 0 unspecified atom stereocenters. The molecule has 0 aliphatic rings. The van der Waals surface area contributed by atoms with Gasteiger partial charge in [0.1, 0.15) is 5.75 Å². The van der Waals surface area contributed by atoms with E-state index in [2.05, 4.69) is 5.32 Å². The molecule has 0 saturated heterocycles. The second-order valence-electron chi connectivity index (χ2n) is 4.46. The lowest BCUT2D eigenvalue weighted by molar-refractivity contribution is -0.127. The average Bonchev–Trinajstić information content (AvgIpc) is 2.95. The first kappa shape index (κ1) is 16.1. The third-order valence-electron chi connectivity index (χ3n) is 2.82. The van der Waals surface area contributed by atoms with Crippen molar-refractivity contribution in [1.29, 1.82) is 0 Å². The Bertz CT molecular complexity index is 602. The van der Waals surface area contributed by atoms with Crippen LogP contribution in [0.4, 0.5) is 0 Å². The number of hydrogen-bond donors (Lipinski definition) is 1. The van der Waals surface area contributed by atoms with Crippen molar-refractivity contribution in [2.24, 2.45) is 0 Å². The normalized spacial score (nSPS) is 12.0. The fourth-order valence-electron chi connectivity index (χ4n) is 1.72. The van der Waals surface area contributed by atoms with Crippen molar-refractivity contribution in [3.63, 3.8) is 0 Å². The molecule has 1 heterocycles. The number of benzene rings is 1. The van der Waals surface area contributed by atoms with Crippen LogP contribution >= 0.6 is 34.5 Å². The summed E-state index contributed by atoms with van der Waals surface area (Å²) in [6.45, 7) is 2.27. The summed E-state index contributed by atoms with van der Waals surface area (Å²) in [5, 5.41) is 5.78. The summed E-state index contributed by atoms with van der Waals surface area (Å²) in [6.07, 6.45) is 0.199. The van der Waals surface area contributed by atoms with Crippen LogP contribution in [0.2, 0.25) is 10.0 Å². The SMILES string of the molecule is C[C@@H](Oc1ccc(Cl)cc1Cl)C(=O)NCCc1cccs1. The predicted octanol–water partition coefficient (Wildman–Crippen LogP) is 4.18. The molecule has 1 aromatic carbocycles. The first-order valence-electron chi connectivity index (χ1n) is 6.48. The second kappa shape index (κ2) is 7.69. The van der Waals surface area contributed by atoms with Crippen molar-refractivity contribution >= 4 is 40.4 Å². The smallest absolute Gasteiger partial charge is 0.260 e. The first-order chi connectivity index (χ1) is 10.1. The highest BCUT2D eigenvalue weighted by molar-refractivity contribution is 7.09. The molecule has 2 aromatic rings. The molecule has 0 radical (unpaired) electrons. The second-order valence-corrected chi connectivity index (χ2v) is 6.33. The minimum absolute atomic E-state index is 0.169. The highest BCUT2D eigenvalue weighted by Gasteiger charge is 2.15. The summed E-state index contributed by atoms with van der Waals surface area (Å²) in [5.74, 6) is 0.277. The number of thiophene rings is 1. The van der Waals surface area contributed by atoms with E-state index in [-0.39, 0.29) is 5.91 Å². The van der Waals surface area contributed by atoms with Crippen molar-refractivity contribution in [2.45, 2.75) is 19.4 Å². The van der Waals surface area contributed by atoms with Gasteiger partial charge in [0.25, 0.3) is 5.91 Å². The van der Waals surface area contributed by atoms with E-state index in [9.17, 15) is 4.79 Å². The lowest BCUT2D eigenvalue weighted by Crippen LogP contribution is -2.37. The molecule has 2 rings (SSSR count). The Morgan fingerprint density at radius 3 is 2.86 bits per heavy atom. The molecule has 1 aromatic heterocycles. The minimum Gasteiger partial charge on any atom is -0.479 e. The van der Waals surface area contributed by atoms with E-state index in [4.69, 9.17) is 27.9 Å². The van der Waals surface area contributed by atoms with Gasteiger partial charge in [-0.05, 0) is 43.0 Å². The van der Waals surface area contributed by atoms with E-state index in [1.54, 1.807) is 36.5 Å². The van der Waals surface area contributed by atoms with Gasteiger partial charge in [0.2, 0.25) is 0 Å². The van der Waals surface area contributed by atoms with Gasteiger partial charge in [0.05, 0.1) is 5.02 Å². The summed E-state index contributed by atoms with van der Waals surface area (Å²) < 4.78 is 5.55. The zero-order chi connectivity index (χ0) is 15.2. The van der Waals surface area contributed by atoms with E-state index in [0.717, 1.165) is 6.42 Å². The molecular weight excluding hydrogens is 329 g/mol. The van der Waals surface area contributed by atoms with E-state index in [1.807, 2.05) is 17.5 Å². The number of amides is 1. The Labute approximate surface area is 137 Å². The van der Waals surface area contributed by atoms with Crippen LogP contribution < -0.4 is 10.1 Å². The van der Waals surface area contributed by atoms with Crippen LogP contribution in [-0.4, -0.2) is 18.6 Å². The van der Waals surface area contributed by atoms with Gasteiger partial charge in [-0.15, -0.1) is 11.3 Å². The third-order valence-corrected chi connectivity index (χ3v) is 4.28. The van der Waals surface area contributed by atoms with Crippen LogP contribution in [0.1, 0.15) is 11.8 Å². The van der Waals surface area contributed by atoms with Crippen LogP contribution in [0, 0.1) is 0 Å². The highest BCUT2D eigenvalue weighted by Crippen LogP contribution is 2.28. The standard InChI is InChI=1S/C15H15Cl2NO2S/c1-10(20-14-5-4-11(16)9-13(14)17)15(19)18-7-6-12-3-2-8-21-12/h2-5,8-10H,6-7H2,1H3,(H,18,19)/t10-/m1/s1. The summed E-state index contributed by atoms with van der Waals surface area (Å²) in [4.78, 5) is 13.2. The molecule has 0 saturated carbocycles. The molecule has 21 heavy (non-hydrogen) atoms. The van der Waals surface area contributed by atoms with Crippen LogP contribution in [0.5, 0.6) is 5.75 Å². The Balaban J connectivity index is 1.81. The topological polar surface area (TPSA) is 38.3 Å². The largest absolute Gasteiger partial charge is 0.479 e. The van der Waals surface area contributed by atoms with Gasteiger partial charge in [0, 0.05) is 16.4 Å². The van der Waals surface area contributed by atoms with Crippen LogP contribution in [0.15, 0.2) is 35.7 Å². The molecule has 0 aliphatic carbocycles. The zero-order valence-corrected chi connectivity index (χ0v) is 13.8. The predicted molar refractivity (Wildman–Crippen MR) is 87.6 cm³/mol. The van der Waals surface area contributed by atoms with Gasteiger partial charge < -0.3 is 10.1 Å². The number of halogens is 2. The lowest BCUT2D eigenvalue weighted by Gasteiger charge is -2.15. The Morgan fingerprint density at radius 2 is 2.19 bits per heavy atom. The minimum atomic E-state index is -0.619. The van der Waals surface area contributed by atoms with E-state index in [0.29, 0.717) is 22.3 Å². The average molecular weight is 344 g/mol. The number of nitrogens with one attached hydrogen (secondary N) is 1. The number of carbonyl (C=O) groups excluding carboxylic acids is 1. The maximum absolute atomic E-state index is 12.0. The van der Waals surface area contributed by atoms with Crippen LogP contribution in [0.3, 0.4) is 0 Å². The van der Waals surface area contributed by atoms with Gasteiger partial charge in [0.15, 0.2) is 6.10 Å². The molecule has 0 spiro atoms. The van der Waals surface area contributed by atoms with Crippen molar-refractivity contribution in [3.05, 3.63) is 50.6 Å². The van der Waals surface area contributed by atoms with Gasteiger partial charge in [-0.25, -0.2) is 0 Å². The fourth-order valence-corrected chi connectivity index (χ4v) is 2.88. The van der Waals surface area contributed by atoms with Gasteiger partial charge in [-0.3, -0.25) is 4.79 Å². The monoisotopic (exact) mass is 343 g/mol. The third kappa shape index (κ3) is 4.92. The number of ether oxygens (including phenoxy) is 1. The molecule has 6 heteroatoms. The summed E-state index contributed by atoms with van der Waals surface area (Å²) in [5.41, 5.74) is 0. The van der Waals surface area contributed by atoms with Crippen LogP contribution in [0.25, 0.3) is 0 Å². The summed E-state index contributed by atoms with van der Waals surface area (Å²) >= 11 is 13.5. The number of rotatable bonds is 6. The van der Waals surface area contributed by atoms with Crippen molar-refractivity contribution < 1.29 is 9.53 Å². The molecule has 112 valence electrons. The van der Waals surface area contributed by atoms with Gasteiger partial charge >= 0.3 is 0 Å². The van der Waals surface area contributed by atoms with Crippen molar-refractivity contribution in [2.75, 3.05) is 6.54 Å². The fraction of sp³-hybridized carbons (Fsp3) is 0.267. The number of carbonyl (C=O) groups is 1. The van der Waals surface area contributed by atoms with E-state index < -0.39 is 6.10 Å². The molecule has 1 N–H and O–H groups in total. The molecule has 1 amide bonds. The van der Waals surface area contributed by atoms with Crippen molar-refractivity contribution in [3.8, 4) is 5.75 Å². The molecule has 0 aliphatic heterocycles. The van der Waals surface area contributed by atoms with Gasteiger partial charge in [-0.1, -0.05) is 29.3 Å². The van der Waals surface area contributed by atoms with Crippen molar-refractivity contribution in [1.82, 2.24) is 5.32 Å². The maximum Gasteiger partial charge on any atom is 0.260 e. The highest BCUT2D eigenvalue weighted by atomic mass is 35.5. The number of hydrogen-bond acceptors (Lipinski definition) is 3.